The lowest BCUT2D eigenvalue weighted by molar-refractivity contribution is -0.140. The van der Waals surface area contributed by atoms with Gasteiger partial charge < -0.3 is 0 Å². The van der Waals surface area contributed by atoms with E-state index in [2.05, 4.69) is 11.9 Å². The molecule has 0 bridgehead atoms. The summed E-state index contributed by atoms with van der Waals surface area (Å²) in [4.78, 5) is 45.9. The van der Waals surface area contributed by atoms with Gasteiger partial charge in [0.05, 0.1) is 17.5 Å². The number of fused-ring (bicyclic) bond motifs is 1. The molecule has 1 aromatic carbocycles. The van der Waals surface area contributed by atoms with Crippen molar-refractivity contribution in [3.63, 3.8) is 0 Å². The van der Waals surface area contributed by atoms with Crippen molar-refractivity contribution in [3.8, 4) is 0 Å². The molecule has 0 N–H and O–H groups in total. The molecule has 0 aromatic heterocycles. The predicted octanol–water partition coefficient (Wildman–Crippen LogP) is 3.51. The Labute approximate surface area is 175 Å². The molecule has 2 aliphatic heterocycles. The molecule has 1 aliphatic carbocycles. The summed E-state index contributed by atoms with van der Waals surface area (Å²) in [5.74, 6) is -0.557. The molecule has 2 heterocycles. The van der Waals surface area contributed by atoms with Gasteiger partial charge in [0.2, 0.25) is 17.7 Å². The third kappa shape index (κ3) is 4.10. The molecule has 1 aromatic rings. The first kappa shape index (κ1) is 20.1. The van der Waals surface area contributed by atoms with Gasteiger partial charge in [0.25, 0.3) is 0 Å². The van der Waals surface area contributed by atoms with E-state index in [9.17, 15) is 14.4 Å². The van der Waals surface area contributed by atoms with Crippen LogP contribution in [0.5, 0.6) is 0 Å². The minimum atomic E-state index is -0.160. The number of hydrogen-bond donors (Lipinski definition) is 0. The van der Waals surface area contributed by atoms with Gasteiger partial charge in [-0.2, -0.15) is 0 Å². The summed E-state index contributed by atoms with van der Waals surface area (Å²) in [6, 6.07) is 7.88. The molecule has 3 amide bonds. The van der Waals surface area contributed by atoms with Crippen molar-refractivity contribution in [2.45, 2.75) is 51.2 Å². The molecule has 0 radical (unpaired) electrons. The number of amidine groups is 1. The molecule has 3 aliphatic rings. The number of aryl methyl sites for hydroxylation is 1. The highest BCUT2D eigenvalue weighted by atomic mass is 32.2. The summed E-state index contributed by atoms with van der Waals surface area (Å²) in [7, 11) is 0. The number of nitrogens with zero attached hydrogens (tertiary/aromatic N) is 3. The molecule has 7 heteroatoms. The molecule has 4 rings (SSSR count). The number of benzene rings is 1. The summed E-state index contributed by atoms with van der Waals surface area (Å²) in [6.07, 6.45) is 3.76. The van der Waals surface area contributed by atoms with Crippen LogP contribution in [-0.4, -0.2) is 51.0 Å². The second-order valence-electron chi connectivity index (χ2n) is 8.24. The van der Waals surface area contributed by atoms with Crippen molar-refractivity contribution >= 4 is 40.3 Å². The monoisotopic (exact) mass is 413 g/mol. The van der Waals surface area contributed by atoms with E-state index in [0.29, 0.717) is 11.7 Å². The van der Waals surface area contributed by atoms with E-state index >= 15 is 0 Å². The standard InChI is InChI=1S/C22H27N3O3S/c1-14-6-5-7-16(12-14)23-22-25(13-15(2)29-22)19(26)10-11-24-20(27)17-8-3-4-9-18(17)21(24)28/h5-7,12,15,17-18H,3-4,8-11,13H2,1-2H3/t15-,17-,18+/m1/s1. The Bertz CT molecular complexity index is 845. The first-order valence-electron chi connectivity index (χ1n) is 10.4. The summed E-state index contributed by atoms with van der Waals surface area (Å²) in [5, 5.41) is 0.960. The van der Waals surface area contributed by atoms with Crippen LogP contribution in [0.1, 0.15) is 44.6 Å². The van der Waals surface area contributed by atoms with Crippen molar-refractivity contribution < 1.29 is 14.4 Å². The minimum absolute atomic E-state index is 0.0784. The largest absolute Gasteiger partial charge is 0.290 e. The summed E-state index contributed by atoms with van der Waals surface area (Å²) >= 11 is 1.59. The number of imide groups is 1. The lowest BCUT2D eigenvalue weighted by atomic mass is 9.81. The highest BCUT2D eigenvalue weighted by molar-refractivity contribution is 8.14. The molecule has 3 fully saturated rings. The first-order valence-corrected chi connectivity index (χ1v) is 11.3. The molecule has 2 saturated heterocycles. The molecule has 154 valence electrons. The molecular weight excluding hydrogens is 386 g/mol. The van der Waals surface area contributed by atoms with Crippen LogP contribution in [0.15, 0.2) is 29.3 Å². The summed E-state index contributed by atoms with van der Waals surface area (Å²) in [6.45, 7) is 4.86. The van der Waals surface area contributed by atoms with Crippen LogP contribution in [0.25, 0.3) is 0 Å². The van der Waals surface area contributed by atoms with E-state index in [4.69, 9.17) is 0 Å². The number of likely N-dealkylation sites (tertiary alicyclic amines) is 1. The Kier molecular flexibility index (Phi) is 5.76. The van der Waals surface area contributed by atoms with Crippen LogP contribution < -0.4 is 0 Å². The van der Waals surface area contributed by atoms with Crippen molar-refractivity contribution in [1.29, 1.82) is 0 Å². The van der Waals surface area contributed by atoms with Gasteiger partial charge in [0.15, 0.2) is 5.17 Å². The second-order valence-corrected chi connectivity index (χ2v) is 9.65. The van der Waals surface area contributed by atoms with E-state index in [1.54, 1.807) is 16.7 Å². The fourth-order valence-electron chi connectivity index (χ4n) is 4.51. The topological polar surface area (TPSA) is 70.1 Å². The number of hydrogen-bond acceptors (Lipinski definition) is 5. The average molecular weight is 414 g/mol. The van der Waals surface area contributed by atoms with Gasteiger partial charge in [-0.3, -0.25) is 24.2 Å². The van der Waals surface area contributed by atoms with E-state index in [-0.39, 0.29) is 47.8 Å². The second kappa shape index (κ2) is 8.30. The van der Waals surface area contributed by atoms with Crippen molar-refractivity contribution in [3.05, 3.63) is 29.8 Å². The third-order valence-corrected chi connectivity index (χ3v) is 7.06. The summed E-state index contributed by atoms with van der Waals surface area (Å²) < 4.78 is 0. The Hall–Kier alpha value is -2.15. The number of aliphatic imine (C=N–C) groups is 1. The number of carbonyl (C=O) groups is 3. The zero-order valence-corrected chi connectivity index (χ0v) is 17.8. The average Bonchev–Trinajstić information content (AvgIpc) is 3.18. The van der Waals surface area contributed by atoms with Crippen LogP contribution in [-0.2, 0) is 14.4 Å². The molecule has 3 atom stereocenters. The van der Waals surface area contributed by atoms with Crippen LogP contribution in [0.2, 0.25) is 0 Å². The van der Waals surface area contributed by atoms with Gasteiger partial charge in [-0.15, -0.1) is 0 Å². The molecule has 0 spiro atoms. The fourth-order valence-corrected chi connectivity index (χ4v) is 5.56. The Morgan fingerprint density at radius 2 is 1.86 bits per heavy atom. The maximum atomic E-state index is 12.9. The molecule has 1 saturated carbocycles. The molecular formula is C22H27N3O3S. The number of amides is 3. The van der Waals surface area contributed by atoms with Gasteiger partial charge in [-0.1, -0.05) is 43.7 Å². The smallest absolute Gasteiger partial charge is 0.233 e. The minimum Gasteiger partial charge on any atom is -0.290 e. The van der Waals surface area contributed by atoms with E-state index in [0.717, 1.165) is 36.9 Å². The van der Waals surface area contributed by atoms with Crippen LogP contribution in [0, 0.1) is 18.8 Å². The van der Waals surface area contributed by atoms with E-state index in [1.807, 2.05) is 31.2 Å². The number of rotatable bonds is 4. The highest BCUT2D eigenvalue weighted by Crippen LogP contribution is 2.38. The lowest BCUT2D eigenvalue weighted by Gasteiger charge is -2.19. The van der Waals surface area contributed by atoms with Crippen molar-refractivity contribution in [2.24, 2.45) is 16.8 Å². The van der Waals surface area contributed by atoms with Gasteiger partial charge in [-0.25, -0.2) is 4.99 Å². The number of thioether (sulfide) groups is 1. The van der Waals surface area contributed by atoms with Gasteiger partial charge in [0, 0.05) is 24.8 Å². The predicted molar refractivity (Wildman–Crippen MR) is 114 cm³/mol. The Balaban J connectivity index is 1.43. The fraction of sp³-hybridized carbons (Fsp3) is 0.545. The quantitative estimate of drug-likeness (QED) is 0.708. The van der Waals surface area contributed by atoms with Gasteiger partial charge in [0.1, 0.15) is 0 Å². The Morgan fingerprint density at radius 3 is 2.52 bits per heavy atom. The lowest BCUT2D eigenvalue weighted by Crippen LogP contribution is -2.38. The van der Waals surface area contributed by atoms with Crippen LogP contribution in [0.3, 0.4) is 0 Å². The number of carbonyl (C=O) groups excluding carboxylic acids is 3. The summed E-state index contributed by atoms with van der Waals surface area (Å²) in [5.41, 5.74) is 1.95. The van der Waals surface area contributed by atoms with Gasteiger partial charge >= 0.3 is 0 Å². The van der Waals surface area contributed by atoms with Crippen LogP contribution in [0.4, 0.5) is 5.69 Å². The zero-order chi connectivity index (χ0) is 20.5. The maximum Gasteiger partial charge on any atom is 0.233 e. The van der Waals surface area contributed by atoms with Crippen molar-refractivity contribution in [2.75, 3.05) is 13.1 Å². The van der Waals surface area contributed by atoms with Gasteiger partial charge in [-0.05, 0) is 37.5 Å². The third-order valence-electron chi connectivity index (χ3n) is 5.99. The molecule has 29 heavy (non-hydrogen) atoms. The van der Waals surface area contributed by atoms with Crippen molar-refractivity contribution in [1.82, 2.24) is 9.80 Å². The SMILES string of the molecule is Cc1cccc(N=C2S[C@H](C)CN2C(=O)CCN2C(=O)[C@H]3CCCC[C@H]3C2=O)c1. The molecule has 0 unspecified atom stereocenters. The van der Waals surface area contributed by atoms with E-state index < -0.39 is 0 Å². The Morgan fingerprint density at radius 1 is 1.17 bits per heavy atom. The van der Waals surface area contributed by atoms with Crippen LogP contribution >= 0.6 is 11.8 Å². The molecule has 6 nitrogen and oxygen atoms in total. The zero-order valence-electron chi connectivity index (χ0n) is 17.0. The normalized spacial score (nSPS) is 28.3. The van der Waals surface area contributed by atoms with E-state index in [1.165, 1.54) is 4.90 Å². The maximum absolute atomic E-state index is 12.9. The first-order chi connectivity index (χ1) is 13.9. The highest BCUT2D eigenvalue weighted by Gasteiger charge is 2.48.